The van der Waals surface area contributed by atoms with E-state index in [9.17, 15) is 28.1 Å². The second-order valence-corrected chi connectivity index (χ2v) is 7.62. The number of rotatable bonds is 4. The van der Waals surface area contributed by atoms with E-state index in [1.54, 1.807) is 4.90 Å². The summed E-state index contributed by atoms with van der Waals surface area (Å²) < 4.78 is 38.6. The molecule has 1 aromatic rings. The number of nitrogens with zero attached hydrogens (tertiary/aromatic N) is 4. The third kappa shape index (κ3) is 3.30. The zero-order valence-electron chi connectivity index (χ0n) is 15.2. The third-order valence-electron chi connectivity index (χ3n) is 6.04. The molecule has 4 rings (SSSR count). The maximum atomic E-state index is 12.9. The number of carbonyl (C=O) groups excluding carboxylic acids is 1. The first kappa shape index (κ1) is 19.0. The Morgan fingerprint density at radius 2 is 1.86 bits per heavy atom. The molecule has 3 fully saturated rings. The zero-order chi connectivity index (χ0) is 20.1. The second kappa shape index (κ2) is 6.91. The number of anilines is 1. The van der Waals surface area contributed by atoms with E-state index in [0.29, 0.717) is 45.0 Å². The van der Waals surface area contributed by atoms with Gasteiger partial charge >= 0.3 is 6.18 Å². The first-order valence-corrected chi connectivity index (χ1v) is 9.39. The van der Waals surface area contributed by atoms with Crippen molar-refractivity contribution >= 4 is 17.3 Å². The zero-order valence-corrected chi connectivity index (χ0v) is 15.2. The highest BCUT2D eigenvalue weighted by Gasteiger charge is 2.49. The minimum atomic E-state index is -4.62. The molecule has 2 heterocycles. The van der Waals surface area contributed by atoms with Gasteiger partial charge in [0.25, 0.3) is 5.69 Å². The summed E-state index contributed by atoms with van der Waals surface area (Å²) >= 11 is 0. The third-order valence-corrected chi connectivity index (χ3v) is 6.04. The van der Waals surface area contributed by atoms with Gasteiger partial charge in [0.05, 0.1) is 23.1 Å². The molecule has 152 valence electrons. The minimum Gasteiger partial charge on any atom is -0.363 e. The van der Waals surface area contributed by atoms with Crippen molar-refractivity contribution < 1.29 is 22.9 Å². The lowest BCUT2D eigenvalue weighted by Gasteiger charge is -2.47. The summed E-state index contributed by atoms with van der Waals surface area (Å²) in [5.41, 5.74) is -1.35. The summed E-state index contributed by atoms with van der Waals surface area (Å²) in [4.78, 5) is 28.5. The Morgan fingerprint density at radius 3 is 2.50 bits per heavy atom. The van der Waals surface area contributed by atoms with Crippen LogP contribution in [-0.2, 0) is 11.0 Å². The van der Waals surface area contributed by atoms with Gasteiger partial charge in [0.2, 0.25) is 5.91 Å². The number of halogens is 3. The Balaban J connectivity index is 1.41. The standard InChI is InChI=1S/C18H21F3N4O3/c19-18(20,21)12-4-5-15(16(10-12)25(27)28)23-8-6-22(7-9-23)11-24-14-3-1-2-13(14)17(24)26/h4-5,10,13-14H,1-3,6-9,11H2/t13-,14+/m1/s1. The highest BCUT2D eigenvalue weighted by molar-refractivity contribution is 5.86. The van der Waals surface area contributed by atoms with Gasteiger partial charge in [-0.25, -0.2) is 0 Å². The SMILES string of the molecule is O=C1[C@@H]2CCC[C@@H]2N1CN1CCN(c2ccc(C(F)(F)F)cc2[N+](=O)[O-])CC1. The molecule has 3 aliphatic rings. The number of likely N-dealkylation sites (tertiary alicyclic amines) is 1. The van der Waals surface area contributed by atoms with Crippen LogP contribution in [0.5, 0.6) is 0 Å². The van der Waals surface area contributed by atoms with Gasteiger partial charge in [0.1, 0.15) is 5.69 Å². The van der Waals surface area contributed by atoms with Gasteiger partial charge in [-0.3, -0.25) is 19.8 Å². The smallest absolute Gasteiger partial charge is 0.363 e. The number of hydrogen-bond donors (Lipinski definition) is 0. The van der Waals surface area contributed by atoms with Crippen molar-refractivity contribution in [2.24, 2.45) is 5.92 Å². The molecule has 7 nitrogen and oxygen atoms in total. The molecule has 1 aromatic carbocycles. The van der Waals surface area contributed by atoms with Crippen molar-refractivity contribution in [2.45, 2.75) is 31.5 Å². The molecule has 2 saturated heterocycles. The molecule has 1 amide bonds. The summed E-state index contributed by atoms with van der Waals surface area (Å²) in [5.74, 6) is 0.402. The summed E-state index contributed by atoms with van der Waals surface area (Å²) in [6, 6.07) is 3.01. The number of nitro groups is 1. The van der Waals surface area contributed by atoms with Gasteiger partial charge in [0, 0.05) is 38.3 Å². The van der Waals surface area contributed by atoms with Crippen LogP contribution in [0.3, 0.4) is 0 Å². The van der Waals surface area contributed by atoms with Crippen LogP contribution in [-0.4, -0.2) is 59.5 Å². The van der Waals surface area contributed by atoms with Gasteiger partial charge in [-0.05, 0) is 25.0 Å². The Morgan fingerprint density at radius 1 is 1.14 bits per heavy atom. The van der Waals surface area contributed by atoms with Crippen molar-refractivity contribution in [1.82, 2.24) is 9.80 Å². The average Bonchev–Trinajstić information content (AvgIpc) is 3.10. The van der Waals surface area contributed by atoms with Gasteiger partial charge in [-0.1, -0.05) is 6.42 Å². The van der Waals surface area contributed by atoms with Crippen LogP contribution in [0.4, 0.5) is 24.5 Å². The van der Waals surface area contributed by atoms with Crippen molar-refractivity contribution in [1.29, 1.82) is 0 Å². The Labute approximate surface area is 159 Å². The van der Waals surface area contributed by atoms with Crippen molar-refractivity contribution in [3.8, 4) is 0 Å². The topological polar surface area (TPSA) is 69.9 Å². The molecular weight excluding hydrogens is 377 g/mol. The van der Waals surface area contributed by atoms with Crippen molar-refractivity contribution in [2.75, 3.05) is 37.7 Å². The van der Waals surface area contributed by atoms with Crippen LogP contribution in [0.1, 0.15) is 24.8 Å². The first-order chi connectivity index (χ1) is 13.3. The maximum Gasteiger partial charge on any atom is 0.416 e. The number of nitro benzene ring substituents is 1. The van der Waals surface area contributed by atoms with Crippen LogP contribution in [0, 0.1) is 16.0 Å². The molecule has 1 saturated carbocycles. The molecule has 28 heavy (non-hydrogen) atoms. The molecule has 0 bridgehead atoms. The number of alkyl halides is 3. The summed E-state index contributed by atoms with van der Waals surface area (Å²) in [5, 5.41) is 11.3. The van der Waals surface area contributed by atoms with E-state index < -0.39 is 22.4 Å². The van der Waals surface area contributed by atoms with Crippen LogP contribution >= 0.6 is 0 Å². The summed E-state index contributed by atoms with van der Waals surface area (Å²) in [6.45, 7) is 2.67. The number of hydrogen-bond acceptors (Lipinski definition) is 5. The molecule has 2 aliphatic heterocycles. The van der Waals surface area contributed by atoms with E-state index in [1.807, 2.05) is 4.90 Å². The summed E-state index contributed by atoms with van der Waals surface area (Å²) in [6.07, 6.45) is -1.51. The van der Waals surface area contributed by atoms with Crippen LogP contribution in [0.25, 0.3) is 0 Å². The number of piperazine rings is 1. The predicted molar refractivity (Wildman–Crippen MR) is 94.7 cm³/mol. The van der Waals surface area contributed by atoms with Gasteiger partial charge < -0.3 is 9.80 Å². The van der Waals surface area contributed by atoms with Gasteiger partial charge in [0.15, 0.2) is 0 Å². The minimum absolute atomic E-state index is 0.191. The highest BCUT2D eigenvalue weighted by Crippen LogP contribution is 2.40. The number of β-lactam (4-membered cyclic amide) rings is 1. The Kier molecular flexibility index (Phi) is 4.68. The van der Waals surface area contributed by atoms with E-state index >= 15 is 0 Å². The quantitative estimate of drug-likeness (QED) is 0.443. The number of amides is 1. The van der Waals surface area contributed by atoms with E-state index in [-0.39, 0.29) is 17.5 Å². The van der Waals surface area contributed by atoms with E-state index in [0.717, 1.165) is 25.3 Å². The highest BCUT2D eigenvalue weighted by atomic mass is 19.4. The fourth-order valence-electron chi connectivity index (χ4n) is 4.53. The largest absolute Gasteiger partial charge is 0.416 e. The number of carbonyl (C=O) groups is 1. The molecule has 2 atom stereocenters. The fourth-order valence-corrected chi connectivity index (χ4v) is 4.53. The molecule has 10 heteroatoms. The monoisotopic (exact) mass is 398 g/mol. The lowest BCUT2D eigenvalue weighted by atomic mass is 9.91. The van der Waals surface area contributed by atoms with Crippen LogP contribution in [0.15, 0.2) is 18.2 Å². The molecule has 0 N–H and O–H groups in total. The summed E-state index contributed by atoms with van der Waals surface area (Å²) in [7, 11) is 0. The molecular formula is C18H21F3N4O3. The average molecular weight is 398 g/mol. The number of fused-ring (bicyclic) bond motifs is 1. The van der Waals surface area contributed by atoms with Crippen LogP contribution < -0.4 is 4.90 Å². The lowest BCUT2D eigenvalue weighted by Crippen LogP contribution is -2.62. The van der Waals surface area contributed by atoms with Gasteiger partial charge in [-0.15, -0.1) is 0 Å². The molecule has 1 aliphatic carbocycles. The van der Waals surface area contributed by atoms with Gasteiger partial charge in [-0.2, -0.15) is 13.2 Å². The fraction of sp³-hybridized carbons (Fsp3) is 0.611. The number of benzene rings is 1. The van der Waals surface area contributed by atoms with E-state index in [2.05, 4.69) is 4.90 Å². The molecule has 0 spiro atoms. The molecule has 0 radical (unpaired) electrons. The Bertz CT molecular complexity index is 793. The maximum absolute atomic E-state index is 12.9. The second-order valence-electron chi connectivity index (χ2n) is 7.62. The predicted octanol–water partition coefficient (Wildman–Crippen LogP) is 2.70. The van der Waals surface area contributed by atoms with Crippen molar-refractivity contribution in [3.63, 3.8) is 0 Å². The molecule has 0 unspecified atom stereocenters. The van der Waals surface area contributed by atoms with E-state index in [1.165, 1.54) is 6.07 Å². The van der Waals surface area contributed by atoms with Crippen molar-refractivity contribution in [3.05, 3.63) is 33.9 Å². The van der Waals surface area contributed by atoms with E-state index in [4.69, 9.17) is 0 Å². The Hall–Kier alpha value is -2.36. The molecule has 0 aromatic heterocycles. The normalized spacial score (nSPS) is 25.6. The van der Waals surface area contributed by atoms with Crippen LogP contribution in [0.2, 0.25) is 0 Å². The lowest BCUT2D eigenvalue weighted by molar-refractivity contribution is -0.384. The first-order valence-electron chi connectivity index (χ1n) is 9.39.